The van der Waals surface area contributed by atoms with E-state index in [-0.39, 0.29) is 11.9 Å². The minimum atomic E-state index is -0.479. The summed E-state index contributed by atoms with van der Waals surface area (Å²) in [6.07, 6.45) is 7.08. The molecule has 4 aromatic heterocycles. The number of pyridine rings is 2. The summed E-state index contributed by atoms with van der Waals surface area (Å²) in [5, 5.41) is 0. The second-order valence-corrected chi connectivity index (χ2v) is 10.8. The van der Waals surface area contributed by atoms with Crippen LogP contribution in [0.1, 0.15) is 50.1 Å². The number of aromatic nitrogens is 3. The first kappa shape index (κ1) is 21.8. The van der Waals surface area contributed by atoms with E-state index >= 15 is 0 Å². The fraction of sp³-hybridized carbons (Fsp3) is 0.400. The Morgan fingerprint density at radius 3 is 2.64 bits per heavy atom. The van der Waals surface area contributed by atoms with Crippen LogP contribution in [0.3, 0.4) is 0 Å². The van der Waals surface area contributed by atoms with Crippen LogP contribution in [-0.4, -0.2) is 44.1 Å². The first-order chi connectivity index (χ1) is 15.7. The number of piperidine rings is 1. The number of halogens is 1. The smallest absolute Gasteiger partial charge is 0.410 e. The molecule has 0 atom stereocenters. The van der Waals surface area contributed by atoms with Gasteiger partial charge in [-0.05, 0) is 64.7 Å². The van der Waals surface area contributed by atoms with Crippen molar-refractivity contribution in [3.05, 3.63) is 53.2 Å². The van der Waals surface area contributed by atoms with Gasteiger partial charge >= 0.3 is 6.09 Å². The molecule has 1 amide bonds. The lowest BCUT2D eigenvalue weighted by Crippen LogP contribution is -2.41. The highest BCUT2D eigenvalue weighted by Gasteiger charge is 2.28. The molecular formula is C25H27FN4O2S. The van der Waals surface area contributed by atoms with Crippen molar-refractivity contribution >= 4 is 33.3 Å². The zero-order chi connectivity index (χ0) is 23.3. The number of hydrogen-bond donors (Lipinski definition) is 0. The number of fused-ring (bicyclic) bond motifs is 2. The molecule has 1 saturated heterocycles. The molecule has 0 N–H and O–H groups in total. The molecule has 1 fully saturated rings. The molecule has 8 heteroatoms. The van der Waals surface area contributed by atoms with Crippen molar-refractivity contribution in [2.45, 2.75) is 52.1 Å². The number of carbonyl (C=O) groups excluding carboxylic acids is 1. The molecule has 0 spiro atoms. The van der Waals surface area contributed by atoms with Crippen molar-refractivity contribution in [3.8, 4) is 11.1 Å². The number of rotatable bonds is 2. The lowest BCUT2D eigenvalue weighted by molar-refractivity contribution is 0.0205. The molecule has 1 aliphatic rings. The number of hydrogen-bond acceptors (Lipinski definition) is 5. The number of amides is 1. The minimum Gasteiger partial charge on any atom is -0.444 e. The topological polar surface area (TPSA) is 59.7 Å². The van der Waals surface area contributed by atoms with Gasteiger partial charge in [-0.25, -0.2) is 14.2 Å². The fourth-order valence-electron chi connectivity index (χ4n) is 4.31. The number of thiophene rings is 1. The van der Waals surface area contributed by atoms with Crippen molar-refractivity contribution in [1.29, 1.82) is 0 Å². The molecule has 0 radical (unpaired) electrons. The number of nitrogens with zero attached hydrogens (tertiary/aromatic N) is 4. The van der Waals surface area contributed by atoms with E-state index in [1.807, 2.05) is 40.1 Å². The Morgan fingerprint density at radius 1 is 1.15 bits per heavy atom. The molecule has 6 nitrogen and oxygen atoms in total. The normalized spacial score (nSPS) is 15.5. The fourth-order valence-corrected chi connectivity index (χ4v) is 5.53. The van der Waals surface area contributed by atoms with E-state index in [0.717, 1.165) is 39.9 Å². The standard InChI is InChI=1S/C25H27FN4O2S/c1-15-13-30-14-18(9-19(26)23(30)28-15)17-10-22-20(27-12-17)11-21(33-22)16-5-7-29(8-6-16)24(31)32-25(2,3)4/h9-14,16H,5-8H2,1-4H3. The van der Waals surface area contributed by atoms with Gasteiger partial charge in [0.05, 0.1) is 15.9 Å². The number of aryl methyl sites for hydroxylation is 1. The van der Waals surface area contributed by atoms with Gasteiger partial charge in [0.2, 0.25) is 0 Å². The Kier molecular flexibility index (Phi) is 5.35. The molecule has 0 bridgehead atoms. The molecule has 0 unspecified atom stereocenters. The molecule has 1 aliphatic heterocycles. The van der Waals surface area contributed by atoms with Crippen molar-refractivity contribution in [2.24, 2.45) is 0 Å². The van der Waals surface area contributed by atoms with Gasteiger partial charge in [-0.1, -0.05) is 0 Å². The van der Waals surface area contributed by atoms with Crippen LogP contribution in [0.25, 0.3) is 27.0 Å². The Labute approximate surface area is 196 Å². The van der Waals surface area contributed by atoms with Gasteiger partial charge in [0.25, 0.3) is 0 Å². The van der Waals surface area contributed by atoms with E-state index in [1.54, 1.807) is 26.8 Å². The molecule has 0 aromatic carbocycles. The quantitative estimate of drug-likeness (QED) is 0.354. The van der Waals surface area contributed by atoms with Crippen LogP contribution in [0, 0.1) is 12.7 Å². The highest BCUT2D eigenvalue weighted by atomic mass is 32.1. The largest absolute Gasteiger partial charge is 0.444 e. The molecule has 172 valence electrons. The van der Waals surface area contributed by atoms with Crippen LogP contribution in [-0.2, 0) is 4.74 Å². The van der Waals surface area contributed by atoms with Gasteiger partial charge in [-0.15, -0.1) is 11.3 Å². The summed E-state index contributed by atoms with van der Waals surface area (Å²) in [6.45, 7) is 8.90. The van der Waals surface area contributed by atoms with Gasteiger partial charge in [-0.2, -0.15) is 0 Å². The lowest BCUT2D eigenvalue weighted by atomic mass is 9.95. The predicted octanol–water partition coefficient (Wildman–Crippen LogP) is 6.17. The van der Waals surface area contributed by atoms with Crippen molar-refractivity contribution in [2.75, 3.05) is 13.1 Å². The average molecular weight is 467 g/mol. The molecule has 4 aromatic rings. The van der Waals surface area contributed by atoms with Gasteiger partial charge in [0, 0.05) is 47.7 Å². The van der Waals surface area contributed by atoms with Crippen LogP contribution in [0.5, 0.6) is 0 Å². The van der Waals surface area contributed by atoms with Crippen LogP contribution in [0.4, 0.5) is 9.18 Å². The van der Waals surface area contributed by atoms with Crippen molar-refractivity contribution in [1.82, 2.24) is 19.3 Å². The summed E-state index contributed by atoms with van der Waals surface area (Å²) >= 11 is 1.73. The molecule has 0 aliphatic carbocycles. The van der Waals surface area contributed by atoms with Crippen molar-refractivity contribution < 1.29 is 13.9 Å². The Morgan fingerprint density at radius 2 is 1.91 bits per heavy atom. The number of carbonyl (C=O) groups is 1. The lowest BCUT2D eigenvalue weighted by Gasteiger charge is -2.33. The number of ether oxygens (including phenoxy) is 1. The van der Waals surface area contributed by atoms with E-state index in [2.05, 4.69) is 22.1 Å². The summed E-state index contributed by atoms with van der Waals surface area (Å²) in [4.78, 5) is 24.3. The molecule has 5 rings (SSSR count). The third kappa shape index (κ3) is 4.44. The molecule has 5 heterocycles. The predicted molar refractivity (Wildman–Crippen MR) is 128 cm³/mol. The summed E-state index contributed by atoms with van der Waals surface area (Å²) in [5.41, 5.74) is 3.23. The first-order valence-electron chi connectivity index (χ1n) is 11.2. The van der Waals surface area contributed by atoms with Crippen LogP contribution in [0.2, 0.25) is 0 Å². The second kappa shape index (κ2) is 8.09. The van der Waals surface area contributed by atoms with E-state index in [4.69, 9.17) is 4.74 Å². The van der Waals surface area contributed by atoms with Crippen LogP contribution < -0.4 is 0 Å². The van der Waals surface area contributed by atoms with E-state index in [1.165, 1.54) is 10.9 Å². The maximum absolute atomic E-state index is 14.5. The zero-order valence-corrected chi connectivity index (χ0v) is 20.1. The summed E-state index contributed by atoms with van der Waals surface area (Å²) < 4.78 is 22.9. The Bertz CT molecular complexity index is 1350. The van der Waals surface area contributed by atoms with E-state index in [0.29, 0.717) is 24.7 Å². The first-order valence-corrected chi connectivity index (χ1v) is 12.0. The van der Waals surface area contributed by atoms with Gasteiger partial charge in [-0.3, -0.25) is 4.98 Å². The number of likely N-dealkylation sites (tertiary alicyclic amines) is 1. The summed E-state index contributed by atoms with van der Waals surface area (Å²) in [6, 6.07) is 5.75. The van der Waals surface area contributed by atoms with Gasteiger partial charge in [0.1, 0.15) is 5.60 Å². The van der Waals surface area contributed by atoms with E-state index in [9.17, 15) is 9.18 Å². The summed E-state index contributed by atoms with van der Waals surface area (Å²) in [5.74, 6) is 0.0540. The van der Waals surface area contributed by atoms with Gasteiger partial charge < -0.3 is 14.0 Å². The monoisotopic (exact) mass is 466 g/mol. The average Bonchev–Trinajstić information content (AvgIpc) is 3.35. The maximum atomic E-state index is 14.5. The van der Waals surface area contributed by atoms with Crippen LogP contribution in [0.15, 0.2) is 36.8 Å². The SMILES string of the molecule is Cc1cn2cc(-c3cnc4cc(C5CCN(C(=O)OC(C)(C)C)CC5)sc4c3)cc(F)c2n1. The van der Waals surface area contributed by atoms with Crippen LogP contribution >= 0.6 is 11.3 Å². The summed E-state index contributed by atoms with van der Waals surface area (Å²) in [7, 11) is 0. The van der Waals surface area contributed by atoms with E-state index < -0.39 is 5.60 Å². The Balaban J connectivity index is 1.35. The third-order valence-electron chi connectivity index (χ3n) is 5.90. The second-order valence-electron chi connectivity index (χ2n) is 9.69. The molecule has 33 heavy (non-hydrogen) atoms. The highest BCUT2D eigenvalue weighted by Crippen LogP contribution is 2.37. The van der Waals surface area contributed by atoms with Crippen molar-refractivity contribution in [3.63, 3.8) is 0 Å². The zero-order valence-electron chi connectivity index (χ0n) is 19.3. The Hall–Kier alpha value is -3.00. The van der Waals surface area contributed by atoms with Gasteiger partial charge in [0.15, 0.2) is 11.5 Å². The number of imidazole rings is 1. The molecular weight excluding hydrogens is 439 g/mol. The minimum absolute atomic E-state index is 0.235. The third-order valence-corrected chi connectivity index (χ3v) is 7.13. The maximum Gasteiger partial charge on any atom is 0.410 e. The molecule has 0 saturated carbocycles. The highest BCUT2D eigenvalue weighted by molar-refractivity contribution is 7.19.